The van der Waals surface area contributed by atoms with Crippen molar-refractivity contribution in [3.8, 4) is 0 Å². The van der Waals surface area contributed by atoms with Crippen molar-refractivity contribution in [3.05, 3.63) is 71.0 Å². The van der Waals surface area contributed by atoms with Crippen LogP contribution in [0.1, 0.15) is 10.6 Å². The molecule has 1 aliphatic rings. The Bertz CT molecular complexity index is 765. The van der Waals surface area contributed by atoms with E-state index in [0.717, 1.165) is 5.56 Å². The Hall–Kier alpha value is -2.35. The standard InChI is InChI=1S/C16H12F4N2OS/c17-12-5-3-11(4-6-12)9-22(13-2-1-7-23-10-13)14-8-21-15(24-14)16(18,19)20/h1-8H,9-10H2. The topological polar surface area (TPSA) is 25.4 Å². The highest BCUT2D eigenvalue weighted by atomic mass is 32.1. The van der Waals surface area contributed by atoms with Crippen LogP contribution in [0.4, 0.5) is 22.6 Å². The predicted molar refractivity (Wildman–Crippen MR) is 82.9 cm³/mol. The lowest BCUT2D eigenvalue weighted by Crippen LogP contribution is -2.24. The van der Waals surface area contributed by atoms with Crippen LogP contribution in [0.3, 0.4) is 0 Å². The molecule has 2 aromatic rings. The summed E-state index contributed by atoms with van der Waals surface area (Å²) in [6.45, 7) is 0.514. The molecule has 0 saturated heterocycles. The van der Waals surface area contributed by atoms with Crippen LogP contribution in [-0.2, 0) is 17.5 Å². The van der Waals surface area contributed by atoms with Gasteiger partial charge in [-0.15, -0.1) is 0 Å². The highest BCUT2D eigenvalue weighted by Crippen LogP contribution is 2.37. The lowest BCUT2D eigenvalue weighted by molar-refractivity contribution is -0.137. The first-order chi connectivity index (χ1) is 11.4. The van der Waals surface area contributed by atoms with E-state index in [1.165, 1.54) is 24.6 Å². The number of benzene rings is 1. The van der Waals surface area contributed by atoms with Crippen molar-refractivity contribution in [1.82, 2.24) is 4.98 Å². The first-order valence-electron chi connectivity index (χ1n) is 6.96. The van der Waals surface area contributed by atoms with Crippen LogP contribution in [0.2, 0.25) is 0 Å². The van der Waals surface area contributed by atoms with Gasteiger partial charge in [-0.3, -0.25) is 0 Å². The highest BCUT2D eigenvalue weighted by molar-refractivity contribution is 7.15. The van der Waals surface area contributed by atoms with Crippen molar-refractivity contribution in [3.63, 3.8) is 0 Å². The molecule has 0 spiro atoms. The molecular weight excluding hydrogens is 344 g/mol. The van der Waals surface area contributed by atoms with E-state index in [9.17, 15) is 17.6 Å². The lowest BCUT2D eigenvalue weighted by atomic mass is 10.2. The Morgan fingerprint density at radius 2 is 1.96 bits per heavy atom. The minimum Gasteiger partial charge on any atom is -0.495 e. The van der Waals surface area contributed by atoms with Crippen LogP contribution < -0.4 is 4.90 Å². The van der Waals surface area contributed by atoms with Gasteiger partial charge >= 0.3 is 6.18 Å². The van der Waals surface area contributed by atoms with Crippen LogP contribution >= 0.6 is 11.3 Å². The maximum Gasteiger partial charge on any atom is 0.443 e. The molecular formula is C16H12F4N2OS. The van der Waals surface area contributed by atoms with Gasteiger partial charge in [-0.1, -0.05) is 23.5 Å². The zero-order valence-corrected chi connectivity index (χ0v) is 13.1. The molecule has 8 heteroatoms. The second kappa shape index (κ2) is 6.64. The van der Waals surface area contributed by atoms with Gasteiger partial charge in [0.15, 0.2) is 5.01 Å². The van der Waals surface area contributed by atoms with Crippen molar-refractivity contribution in [1.29, 1.82) is 0 Å². The van der Waals surface area contributed by atoms with Crippen LogP contribution in [0.5, 0.6) is 0 Å². The largest absolute Gasteiger partial charge is 0.495 e. The van der Waals surface area contributed by atoms with Crippen molar-refractivity contribution in [2.75, 3.05) is 11.5 Å². The van der Waals surface area contributed by atoms with E-state index in [1.54, 1.807) is 29.2 Å². The molecule has 0 radical (unpaired) electrons. The zero-order valence-electron chi connectivity index (χ0n) is 12.3. The van der Waals surface area contributed by atoms with Crippen molar-refractivity contribution >= 4 is 16.3 Å². The predicted octanol–water partition coefficient (Wildman–Crippen LogP) is 4.74. The second-order valence-electron chi connectivity index (χ2n) is 5.01. The number of thiazole rings is 1. The van der Waals surface area contributed by atoms with Gasteiger partial charge in [0.25, 0.3) is 0 Å². The van der Waals surface area contributed by atoms with Gasteiger partial charge in [-0.05, 0) is 29.8 Å². The zero-order chi connectivity index (χ0) is 17.2. The summed E-state index contributed by atoms with van der Waals surface area (Å²) in [5.41, 5.74) is 1.45. The minimum atomic E-state index is -4.48. The SMILES string of the molecule is Fc1ccc(CN(C2=CC=COC2)c2cnc(C(F)(F)F)s2)cc1. The fraction of sp³-hybridized carbons (Fsp3) is 0.188. The number of rotatable bonds is 4. The number of aromatic nitrogens is 1. The molecule has 1 aromatic heterocycles. The van der Waals surface area contributed by atoms with Gasteiger partial charge in [0.2, 0.25) is 0 Å². The number of allylic oxidation sites excluding steroid dienone is 2. The minimum absolute atomic E-state index is 0.233. The summed E-state index contributed by atoms with van der Waals surface area (Å²) in [6.07, 6.45) is 1.65. The van der Waals surface area contributed by atoms with Crippen molar-refractivity contribution in [2.45, 2.75) is 12.7 Å². The fourth-order valence-electron chi connectivity index (χ4n) is 2.17. The van der Waals surface area contributed by atoms with Crippen LogP contribution in [0.25, 0.3) is 0 Å². The van der Waals surface area contributed by atoms with Crippen molar-refractivity contribution in [2.24, 2.45) is 0 Å². The number of halogens is 4. The van der Waals surface area contributed by atoms with Gasteiger partial charge in [0.05, 0.1) is 18.2 Å². The number of ether oxygens (including phenoxy) is 1. The molecule has 2 heterocycles. The quantitative estimate of drug-likeness (QED) is 0.740. The van der Waals surface area contributed by atoms with Gasteiger partial charge in [0.1, 0.15) is 17.4 Å². The third kappa shape index (κ3) is 3.76. The van der Waals surface area contributed by atoms with E-state index in [0.29, 0.717) is 22.0 Å². The summed E-state index contributed by atoms with van der Waals surface area (Å²) in [6, 6.07) is 5.81. The van der Waals surface area contributed by atoms with Crippen LogP contribution in [0.15, 0.2) is 54.6 Å². The van der Waals surface area contributed by atoms with E-state index >= 15 is 0 Å². The Labute approximate surface area is 139 Å². The molecule has 0 fully saturated rings. The van der Waals surface area contributed by atoms with E-state index in [-0.39, 0.29) is 19.0 Å². The maximum atomic E-state index is 13.0. The van der Waals surface area contributed by atoms with E-state index < -0.39 is 11.2 Å². The maximum absolute atomic E-state index is 13.0. The number of anilines is 1. The van der Waals surface area contributed by atoms with Gasteiger partial charge in [0, 0.05) is 6.54 Å². The molecule has 3 rings (SSSR count). The number of nitrogens with zero attached hydrogens (tertiary/aromatic N) is 2. The smallest absolute Gasteiger partial charge is 0.443 e. The average Bonchev–Trinajstić information content (AvgIpc) is 3.05. The Kier molecular flexibility index (Phi) is 4.57. The lowest BCUT2D eigenvalue weighted by Gasteiger charge is -2.26. The molecule has 0 unspecified atom stereocenters. The third-order valence-electron chi connectivity index (χ3n) is 3.30. The molecule has 1 aromatic carbocycles. The van der Waals surface area contributed by atoms with Crippen molar-refractivity contribution < 1.29 is 22.3 Å². The Morgan fingerprint density at radius 3 is 2.54 bits per heavy atom. The number of alkyl halides is 3. The molecule has 0 bridgehead atoms. The fourth-order valence-corrected chi connectivity index (χ4v) is 2.99. The first kappa shape index (κ1) is 16.5. The summed E-state index contributed by atoms with van der Waals surface area (Å²) in [5.74, 6) is -0.370. The first-order valence-corrected chi connectivity index (χ1v) is 7.77. The highest BCUT2D eigenvalue weighted by Gasteiger charge is 2.35. The third-order valence-corrected chi connectivity index (χ3v) is 4.36. The average molecular weight is 356 g/mol. The monoisotopic (exact) mass is 356 g/mol. The summed E-state index contributed by atoms with van der Waals surface area (Å²) in [7, 11) is 0. The molecule has 1 aliphatic heterocycles. The second-order valence-corrected chi connectivity index (χ2v) is 6.02. The van der Waals surface area contributed by atoms with Crippen LogP contribution in [-0.4, -0.2) is 11.6 Å². The summed E-state index contributed by atoms with van der Waals surface area (Å²) >= 11 is 0.559. The summed E-state index contributed by atoms with van der Waals surface area (Å²) < 4.78 is 56.7. The molecule has 0 amide bonds. The Balaban J connectivity index is 1.92. The molecule has 0 atom stereocenters. The number of hydrogen-bond donors (Lipinski definition) is 0. The molecule has 0 N–H and O–H groups in total. The van der Waals surface area contributed by atoms with Gasteiger partial charge in [-0.2, -0.15) is 13.2 Å². The molecule has 0 aliphatic carbocycles. The normalized spacial score (nSPS) is 14.2. The molecule has 126 valence electrons. The van der Waals surface area contributed by atoms with Gasteiger partial charge in [-0.25, -0.2) is 9.37 Å². The van der Waals surface area contributed by atoms with E-state index in [1.807, 2.05) is 0 Å². The van der Waals surface area contributed by atoms with Gasteiger partial charge < -0.3 is 9.64 Å². The molecule has 3 nitrogen and oxygen atoms in total. The molecule has 24 heavy (non-hydrogen) atoms. The summed E-state index contributed by atoms with van der Waals surface area (Å²) in [5, 5.41) is -0.564. The van der Waals surface area contributed by atoms with E-state index in [2.05, 4.69) is 4.98 Å². The van der Waals surface area contributed by atoms with Crippen LogP contribution in [0, 0.1) is 5.82 Å². The number of hydrogen-bond acceptors (Lipinski definition) is 4. The molecule has 0 saturated carbocycles. The summed E-state index contributed by atoms with van der Waals surface area (Å²) in [4.78, 5) is 5.15. The Morgan fingerprint density at radius 1 is 1.21 bits per heavy atom. The van der Waals surface area contributed by atoms with E-state index in [4.69, 9.17) is 4.74 Å².